The van der Waals surface area contributed by atoms with Crippen molar-refractivity contribution in [3.8, 4) is 0 Å². The van der Waals surface area contributed by atoms with Crippen LogP contribution in [0.3, 0.4) is 0 Å². The van der Waals surface area contributed by atoms with Crippen LogP contribution in [0.5, 0.6) is 0 Å². The van der Waals surface area contributed by atoms with Crippen molar-refractivity contribution >= 4 is 17.9 Å². The standard InChI is InChI=1S/C60H116O6/c1-6-7-8-9-10-11-23-30-35-40-45-50-58(61)64-53-57(66-60(63)52-47-42-37-32-27-22-18-14-16-20-25-29-34-39-44-49-56(4)5)54-65-59(62)51-46-41-36-31-26-21-17-13-12-15-19-24-28-33-38-43-48-55(2)3/h55-57H,6-54H2,1-5H3/t57-/m1/s1. The van der Waals surface area contributed by atoms with Crippen molar-refractivity contribution in [1.29, 1.82) is 0 Å². The number of carbonyl (C=O) groups is 3. The number of hydrogen-bond donors (Lipinski definition) is 0. The molecule has 392 valence electrons. The fraction of sp³-hybridized carbons (Fsp3) is 0.950. The highest BCUT2D eigenvalue weighted by molar-refractivity contribution is 5.71. The highest BCUT2D eigenvalue weighted by Crippen LogP contribution is 2.18. The number of rotatable bonds is 54. The van der Waals surface area contributed by atoms with Crippen molar-refractivity contribution in [2.75, 3.05) is 13.2 Å². The van der Waals surface area contributed by atoms with Gasteiger partial charge in [-0.1, -0.05) is 298 Å². The van der Waals surface area contributed by atoms with Crippen LogP contribution in [0.15, 0.2) is 0 Å². The Morgan fingerprint density at radius 1 is 0.288 bits per heavy atom. The molecule has 0 aliphatic carbocycles. The summed E-state index contributed by atoms with van der Waals surface area (Å²) in [7, 11) is 0. The van der Waals surface area contributed by atoms with Crippen LogP contribution >= 0.6 is 0 Å². The molecule has 0 aromatic rings. The average molecular weight is 934 g/mol. The zero-order valence-electron chi connectivity index (χ0n) is 45.3. The predicted molar refractivity (Wildman–Crippen MR) is 284 cm³/mol. The summed E-state index contributed by atoms with van der Waals surface area (Å²) in [6.07, 6.45) is 56.7. The molecule has 0 aliphatic heterocycles. The molecule has 0 unspecified atom stereocenters. The molecule has 6 nitrogen and oxygen atoms in total. The Kier molecular flexibility index (Phi) is 51.5. The maximum absolute atomic E-state index is 12.9. The van der Waals surface area contributed by atoms with E-state index in [1.807, 2.05) is 0 Å². The fourth-order valence-electron chi connectivity index (χ4n) is 9.23. The predicted octanol–water partition coefficient (Wildman–Crippen LogP) is 19.7. The monoisotopic (exact) mass is 933 g/mol. The van der Waals surface area contributed by atoms with Crippen LogP contribution in [0.25, 0.3) is 0 Å². The van der Waals surface area contributed by atoms with Gasteiger partial charge in [0.1, 0.15) is 13.2 Å². The molecule has 0 amide bonds. The van der Waals surface area contributed by atoms with Crippen LogP contribution in [-0.2, 0) is 28.6 Å². The molecule has 6 heteroatoms. The molecule has 0 aliphatic rings. The largest absolute Gasteiger partial charge is 0.462 e. The molecular formula is C60H116O6. The minimum Gasteiger partial charge on any atom is -0.462 e. The van der Waals surface area contributed by atoms with Crippen LogP contribution < -0.4 is 0 Å². The maximum atomic E-state index is 12.9. The van der Waals surface area contributed by atoms with Gasteiger partial charge in [-0.25, -0.2) is 0 Å². The van der Waals surface area contributed by atoms with Crippen molar-refractivity contribution in [1.82, 2.24) is 0 Å². The lowest BCUT2D eigenvalue weighted by Gasteiger charge is -2.18. The second kappa shape index (κ2) is 52.8. The Bertz CT molecular complexity index is 1010. The Morgan fingerprint density at radius 3 is 0.742 bits per heavy atom. The van der Waals surface area contributed by atoms with E-state index in [9.17, 15) is 14.4 Å². The van der Waals surface area contributed by atoms with E-state index >= 15 is 0 Å². The second-order valence-electron chi connectivity index (χ2n) is 21.6. The van der Waals surface area contributed by atoms with E-state index in [1.165, 1.54) is 225 Å². The molecule has 0 rings (SSSR count). The Morgan fingerprint density at radius 2 is 0.500 bits per heavy atom. The molecule has 0 aromatic carbocycles. The quantitative estimate of drug-likeness (QED) is 0.0343. The van der Waals surface area contributed by atoms with Gasteiger partial charge in [-0.05, 0) is 31.1 Å². The SMILES string of the molecule is CCCCCCCCCCCCCC(=O)OC[C@H](COC(=O)CCCCCCCCCCCCCCCCCCC(C)C)OC(=O)CCCCCCCCCCCCCCCCCC(C)C. The Labute approximate surface area is 412 Å². The Hall–Kier alpha value is -1.59. The van der Waals surface area contributed by atoms with Crippen molar-refractivity contribution in [3.63, 3.8) is 0 Å². The number of ether oxygens (including phenoxy) is 3. The van der Waals surface area contributed by atoms with E-state index in [0.29, 0.717) is 19.3 Å². The van der Waals surface area contributed by atoms with Gasteiger partial charge in [0.2, 0.25) is 0 Å². The zero-order chi connectivity index (χ0) is 48.2. The molecule has 0 aromatic heterocycles. The van der Waals surface area contributed by atoms with E-state index in [2.05, 4.69) is 34.6 Å². The number of carbonyl (C=O) groups excluding carboxylic acids is 3. The second-order valence-corrected chi connectivity index (χ2v) is 21.6. The number of unbranched alkanes of at least 4 members (excludes halogenated alkanes) is 39. The normalized spacial score (nSPS) is 12.0. The molecule has 0 heterocycles. The highest BCUT2D eigenvalue weighted by atomic mass is 16.6. The van der Waals surface area contributed by atoms with Gasteiger partial charge in [0, 0.05) is 19.3 Å². The Balaban J connectivity index is 4.24. The summed E-state index contributed by atoms with van der Waals surface area (Å²) in [6, 6.07) is 0. The van der Waals surface area contributed by atoms with E-state index < -0.39 is 6.10 Å². The molecule has 1 atom stereocenters. The molecule has 0 N–H and O–H groups in total. The van der Waals surface area contributed by atoms with E-state index in [-0.39, 0.29) is 31.1 Å². The fourth-order valence-corrected chi connectivity index (χ4v) is 9.23. The lowest BCUT2D eigenvalue weighted by Crippen LogP contribution is -2.30. The summed E-state index contributed by atoms with van der Waals surface area (Å²) in [4.78, 5) is 38.1. The van der Waals surface area contributed by atoms with Gasteiger partial charge in [0.25, 0.3) is 0 Å². The van der Waals surface area contributed by atoms with Crippen LogP contribution in [0.2, 0.25) is 0 Å². The van der Waals surface area contributed by atoms with Gasteiger partial charge in [0.05, 0.1) is 0 Å². The summed E-state index contributed by atoms with van der Waals surface area (Å²) < 4.78 is 16.9. The van der Waals surface area contributed by atoms with Crippen molar-refractivity contribution in [2.24, 2.45) is 11.8 Å². The number of hydrogen-bond acceptors (Lipinski definition) is 6. The first-order valence-electron chi connectivity index (χ1n) is 29.7. The van der Waals surface area contributed by atoms with Gasteiger partial charge in [-0.15, -0.1) is 0 Å². The van der Waals surface area contributed by atoms with Crippen molar-refractivity contribution in [2.45, 2.75) is 343 Å². The van der Waals surface area contributed by atoms with Gasteiger partial charge in [-0.3, -0.25) is 14.4 Å². The lowest BCUT2D eigenvalue weighted by atomic mass is 10.0. The smallest absolute Gasteiger partial charge is 0.306 e. The van der Waals surface area contributed by atoms with E-state index in [1.54, 1.807) is 0 Å². The first kappa shape index (κ1) is 64.4. The molecule has 0 radical (unpaired) electrons. The minimum absolute atomic E-state index is 0.0623. The molecular weight excluding hydrogens is 817 g/mol. The van der Waals surface area contributed by atoms with E-state index in [0.717, 1.165) is 69.6 Å². The number of esters is 3. The maximum Gasteiger partial charge on any atom is 0.306 e. The summed E-state index contributed by atoms with van der Waals surface area (Å²) in [6.45, 7) is 11.4. The van der Waals surface area contributed by atoms with Crippen molar-refractivity contribution < 1.29 is 28.6 Å². The molecule has 0 spiro atoms. The van der Waals surface area contributed by atoms with Gasteiger partial charge in [-0.2, -0.15) is 0 Å². The third kappa shape index (κ3) is 53.4. The van der Waals surface area contributed by atoms with Crippen LogP contribution in [0, 0.1) is 11.8 Å². The third-order valence-electron chi connectivity index (χ3n) is 13.7. The summed E-state index contributed by atoms with van der Waals surface area (Å²) in [5.74, 6) is 0.863. The third-order valence-corrected chi connectivity index (χ3v) is 13.7. The summed E-state index contributed by atoms with van der Waals surface area (Å²) in [5.41, 5.74) is 0. The topological polar surface area (TPSA) is 78.9 Å². The summed E-state index contributed by atoms with van der Waals surface area (Å²) >= 11 is 0. The molecule has 0 bridgehead atoms. The molecule has 0 saturated carbocycles. The molecule has 66 heavy (non-hydrogen) atoms. The average Bonchev–Trinajstić information content (AvgIpc) is 3.29. The van der Waals surface area contributed by atoms with Crippen LogP contribution in [-0.4, -0.2) is 37.2 Å². The molecule has 0 fully saturated rings. The van der Waals surface area contributed by atoms with Gasteiger partial charge in [0.15, 0.2) is 6.10 Å². The van der Waals surface area contributed by atoms with Gasteiger partial charge < -0.3 is 14.2 Å². The van der Waals surface area contributed by atoms with E-state index in [4.69, 9.17) is 14.2 Å². The zero-order valence-corrected chi connectivity index (χ0v) is 45.3. The van der Waals surface area contributed by atoms with Crippen LogP contribution in [0.1, 0.15) is 336 Å². The first-order valence-corrected chi connectivity index (χ1v) is 29.7. The van der Waals surface area contributed by atoms with Gasteiger partial charge >= 0.3 is 17.9 Å². The van der Waals surface area contributed by atoms with Crippen molar-refractivity contribution in [3.05, 3.63) is 0 Å². The first-order chi connectivity index (χ1) is 32.2. The minimum atomic E-state index is -0.762. The summed E-state index contributed by atoms with van der Waals surface area (Å²) in [5, 5.41) is 0. The molecule has 0 saturated heterocycles. The van der Waals surface area contributed by atoms with Crippen LogP contribution in [0.4, 0.5) is 0 Å². The lowest BCUT2D eigenvalue weighted by molar-refractivity contribution is -0.167. The highest BCUT2D eigenvalue weighted by Gasteiger charge is 2.19.